The van der Waals surface area contributed by atoms with E-state index in [0.717, 1.165) is 32.6 Å². The highest BCUT2D eigenvalue weighted by Gasteiger charge is 2.16. The summed E-state index contributed by atoms with van der Waals surface area (Å²) in [6.07, 6.45) is 3.69. The molecular weight excluding hydrogens is 278 g/mol. The van der Waals surface area contributed by atoms with Gasteiger partial charge in [-0.25, -0.2) is 4.98 Å². The van der Waals surface area contributed by atoms with Crippen molar-refractivity contribution in [3.8, 4) is 0 Å². The van der Waals surface area contributed by atoms with Crippen molar-refractivity contribution >= 4 is 23.3 Å². The fourth-order valence-electron chi connectivity index (χ4n) is 2.17. The molecule has 2 heterocycles. The topological polar surface area (TPSA) is 63.2 Å². The minimum absolute atomic E-state index is 0.145. The molecular formula is C14H20ClN3O2. The lowest BCUT2D eigenvalue weighted by atomic mass is 10.0. The van der Waals surface area contributed by atoms with E-state index in [1.807, 2.05) is 6.92 Å². The lowest BCUT2D eigenvalue weighted by molar-refractivity contribution is 0.0536. The van der Waals surface area contributed by atoms with Gasteiger partial charge in [0.2, 0.25) is 0 Å². The number of halogens is 1. The molecule has 20 heavy (non-hydrogen) atoms. The minimum Gasteiger partial charge on any atom is -0.381 e. The van der Waals surface area contributed by atoms with E-state index < -0.39 is 0 Å². The lowest BCUT2D eigenvalue weighted by Gasteiger charge is -2.22. The Kier molecular flexibility index (Phi) is 5.61. The molecule has 110 valence electrons. The highest BCUT2D eigenvalue weighted by molar-refractivity contribution is 6.33. The van der Waals surface area contributed by atoms with Crippen LogP contribution in [-0.2, 0) is 4.74 Å². The summed E-state index contributed by atoms with van der Waals surface area (Å²) in [6, 6.07) is 1.64. The second-order valence-electron chi connectivity index (χ2n) is 4.88. The number of hydrogen-bond acceptors (Lipinski definition) is 4. The Hall–Kier alpha value is -1.33. The summed E-state index contributed by atoms with van der Waals surface area (Å²) >= 11 is 6.08. The standard InChI is InChI=1S/C14H20ClN3O2/c1-2-16-13-12(15)6-11(8-17-13)14(19)18-7-10-4-3-5-20-9-10/h6,8,10H,2-5,7,9H2,1H3,(H,16,17)(H,18,19). The Morgan fingerprint density at radius 1 is 1.60 bits per heavy atom. The van der Waals surface area contributed by atoms with E-state index in [-0.39, 0.29) is 5.91 Å². The van der Waals surface area contributed by atoms with Crippen molar-refractivity contribution in [1.82, 2.24) is 10.3 Å². The van der Waals surface area contributed by atoms with Crippen molar-refractivity contribution < 1.29 is 9.53 Å². The lowest BCUT2D eigenvalue weighted by Crippen LogP contribution is -2.33. The summed E-state index contributed by atoms with van der Waals surface area (Å²) in [6.45, 7) is 4.88. The summed E-state index contributed by atoms with van der Waals surface area (Å²) in [5.41, 5.74) is 0.480. The van der Waals surface area contributed by atoms with Crippen LogP contribution < -0.4 is 10.6 Å². The van der Waals surface area contributed by atoms with Gasteiger partial charge in [0, 0.05) is 25.9 Å². The second-order valence-corrected chi connectivity index (χ2v) is 5.29. The number of ether oxygens (including phenoxy) is 1. The minimum atomic E-state index is -0.145. The van der Waals surface area contributed by atoms with Crippen LogP contribution in [0.4, 0.5) is 5.82 Å². The average Bonchev–Trinajstić information content (AvgIpc) is 2.48. The van der Waals surface area contributed by atoms with Crippen LogP contribution >= 0.6 is 11.6 Å². The maximum absolute atomic E-state index is 12.0. The van der Waals surface area contributed by atoms with Crippen molar-refractivity contribution in [3.05, 3.63) is 22.8 Å². The van der Waals surface area contributed by atoms with Gasteiger partial charge in [-0.15, -0.1) is 0 Å². The van der Waals surface area contributed by atoms with E-state index in [4.69, 9.17) is 16.3 Å². The molecule has 1 aromatic rings. The van der Waals surface area contributed by atoms with Crippen molar-refractivity contribution in [2.24, 2.45) is 5.92 Å². The Labute approximate surface area is 124 Å². The molecule has 1 saturated heterocycles. The molecule has 1 aliphatic rings. The summed E-state index contributed by atoms with van der Waals surface area (Å²) in [5, 5.41) is 6.40. The van der Waals surface area contributed by atoms with Gasteiger partial charge in [0.15, 0.2) is 0 Å². The third-order valence-electron chi connectivity index (χ3n) is 3.25. The average molecular weight is 298 g/mol. The second kappa shape index (κ2) is 7.45. The van der Waals surface area contributed by atoms with Crippen LogP contribution in [0, 0.1) is 5.92 Å². The first-order chi connectivity index (χ1) is 9.70. The number of hydrogen-bond donors (Lipinski definition) is 2. The van der Waals surface area contributed by atoms with Gasteiger partial charge in [-0.2, -0.15) is 0 Å². The van der Waals surface area contributed by atoms with Crippen LogP contribution in [0.1, 0.15) is 30.1 Å². The molecule has 1 amide bonds. The number of nitrogens with zero attached hydrogens (tertiary/aromatic N) is 1. The van der Waals surface area contributed by atoms with E-state index in [1.165, 1.54) is 6.20 Å². The molecule has 1 atom stereocenters. The van der Waals surface area contributed by atoms with Crippen molar-refractivity contribution in [2.75, 3.05) is 31.6 Å². The van der Waals surface area contributed by atoms with Gasteiger partial charge in [0.05, 0.1) is 17.2 Å². The smallest absolute Gasteiger partial charge is 0.252 e. The predicted molar refractivity (Wildman–Crippen MR) is 79.3 cm³/mol. The highest BCUT2D eigenvalue weighted by Crippen LogP contribution is 2.20. The Bertz CT molecular complexity index is 462. The van der Waals surface area contributed by atoms with Gasteiger partial charge in [-0.1, -0.05) is 11.6 Å². The highest BCUT2D eigenvalue weighted by atomic mass is 35.5. The van der Waals surface area contributed by atoms with Crippen LogP contribution in [0.2, 0.25) is 5.02 Å². The summed E-state index contributed by atoms with van der Waals surface area (Å²) in [7, 11) is 0. The van der Waals surface area contributed by atoms with Gasteiger partial charge in [0.25, 0.3) is 5.91 Å². The number of aromatic nitrogens is 1. The van der Waals surface area contributed by atoms with Crippen LogP contribution in [0.5, 0.6) is 0 Å². The summed E-state index contributed by atoms with van der Waals surface area (Å²) in [4.78, 5) is 16.2. The first-order valence-corrected chi connectivity index (χ1v) is 7.34. The van der Waals surface area contributed by atoms with E-state index in [2.05, 4.69) is 15.6 Å². The Morgan fingerprint density at radius 2 is 2.45 bits per heavy atom. The largest absolute Gasteiger partial charge is 0.381 e. The molecule has 0 saturated carbocycles. The zero-order valence-corrected chi connectivity index (χ0v) is 12.4. The van der Waals surface area contributed by atoms with E-state index in [1.54, 1.807) is 6.07 Å². The molecule has 0 bridgehead atoms. The Balaban J connectivity index is 1.89. The molecule has 2 rings (SSSR count). The van der Waals surface area contributed by atoms with Crippen molar-refractivity contribution in [3.63, 3.8) is 0 Å². The number of anilines is 1. The predicted octanol–water partition coefficient (Wildman–Crippen LogP) is 2.32. The Morgan fingerprint density at radius 3 is 3.10 bits per heavy atom. The molecule has 1 aromatic heterocycles. The zero-order chi connectivity index (χ0) is 14.4. The molecule has 2 N–H and O–H groups in total. The molecule has 6 heteroatoms. The molecule has 0 spiro atoms. The maximum Gasteiger partial charge on any atom is 0.252 e. The molecule has 1 unspecified atom stereocenters. The summed E-state index contributed by atoms with van der Waals surface area (Å²) in [5.74, 6) is 0.858. The normalized spacial score (nSPS) is 18.6. The number of carbonyl (C=O) groups is 1. The van der Waals surface area contributed by atoms with Crippen molar-refractivity contribution in [2.45, 2.75) is 19.8 Å². The SMILES string of the molecule is CCNc1ncc(C(=O)NCC2CCCOC2)cc1Cl. The van der Waals surface area contributed by atoms with Crippen molar-refractivity contribution in [1.29, 1.82) is 0 Å². The maximum atomic E-state index is 12.0. The third-order valence-corrected chi connectivity index (χ3v) is 3.54. The van der Waals surface area contributed by atoms with E-state index in [0.29, 0.717) is 28.9 Å². The van der Waals surface area contributed by atoms with Gasteiger partial charge in [-0.3, -0.25) is 4.79 Å². The van der Waals surface area contributed by atoms with Crippen LogP contribution in [-0.4, -0.2) is 37.2 Å². The summed E-state index contributed by atoms with van der Waals surface area (Å²) < 4.78 is 5.39. The van der Waals surface area contributed by atoms with Gasteiger partial charge < -0.3 is 15.4 Å². The van der Waals surface area contributed by atoms with Gasteiger partial charge >= 0.3 is 0 Å². The molecule has 1 aliphatic heterocycles. The zero-order valence-electron chi connectivity index (χ0n) is 11.6. The number of rotatable bonds is 5. The quantitative estimate of drug-likeness (QED) is 0.875. The number of amides is 1. The van der Waals surface area contributed by atoms with E-state index in [9.17, 15) is 4.79 Å². The fraction of sp³-hybridized carbons (Fsp3) is 0.571. The number of carbonyl (C=O) groups excluding carboxylic acids is 1. The molecule has 5 nitrogen and oxygen atoms in total. The first-order valence-electron chi connectivity index (χ1n) is 6.96. The number of nitrogens with one attached hydrogen (secondary N) is 2. The molecule has 1 fully saturated rings. The molecule has 0 radical (unpaired) electrons. The van der Waals surface area contributed by atoms with Gasteiger partial charge in [0.1, 0.15) is 5.82 Å². The number of pyridine rings is 1. The first kappa shape index (κ1) is 15.1. The van der Waals surface area contributed by atoms with Crippen LogP contribution in [0.3, 0.4) is 0 Å². The van der Waals surface area contributed by atoms with Crippen LogP contribution in [0.25, 0.3) is 0 Å². The molecule has 0 aliphatic carbocycles. The van der Waals surface area contributed by atoms with Gasteiger partial charge in [-0.05, 0) is 31.7 Å². The van der Waals surface area contributed by atoms with E-state index >= 15 is 0 Å². The molecule has 0 aromatic carbocycles. The fourth-order valence-corrected chi connectivity index (χ4v) is 2.40. The van der Waals surface area contributed by atoms with Crippen LogP contribution in [0.15, 0.2) is 12.3 Å². The monoisotopic (exact) mass is 297 g/mol. The third kappa shape index (κ3) is 4.08.